The molecule has 7 heteroatoms. The first kappa shape index (κ1) is 27.5. The van der Waals surface area contributed by atoms with E-state index in [4.69, 9.17) is 13.7 Å². The molecule has 4 rings (SSSR count). The van der Waals surface area contributed by atoms with Gasteiger partial charge in [-0.1, -0.05) is 91.0 Å². The molecule has 0 aromatic heterocycles. The Kier molecular flexibility index (Phi) is 9.88. The topological polar surface area (TPSA) is 65.1 Å². The number of ether oxygens (including phenoxy) is 2. The summed E-state index contributed by atoms with van der Waals surface area (Å²) < 4.78 is 42.1. The molecule has 0 amide bonds. The van der Waals surface area contributed by atoms with Crippen molar-refractivity contribution in [1.82, 2.24) is 4.90 Å². The number of nitrogens with zero attached hydrogens (tertiary/aromatic N) is 1. The molecule has 3 aromatic rings. The highest BCUT2D eigenvalue weighted by Crippen LogP contribution is 2.33. The van der Waals surface area contributed by atoms with Crippen LogP contribution in [-0.4, -0.2) is 51.0 Å². The maximum absolute atomic E-state index is 12.0. The maximum Gasteiger partial charge on any atom is 0.264 e. The predicted octanol–water partition coefficient (Wildman–Crippen LogP) is 5.36. The molecule has 0 radical (unpaired) electrons. The molecule has 0 saturated carbocycles. The molecule has 1 fully saturated rings. The third-order valence-corrected chi connectivity index (χ3v) is 7.48. The normalized spacial score (nSPS) is 20.4. The molecule has 1 saturated heterocycles. The molecule has 37 heavy (non-hydrogen) atoms. The quantitative estimate of drug-likeness (QED) is 0.298. The Balaban J connectivity index is 1.56. The second-order valence-corrected chi connectivity index (χ2v) is 11.3. The average Bonchev–Trinajstić information content (AvgIpc) is 2.91. The summed E-state index contributed by atoms with van der Waals surface area (Å²) in [5.41, 5.74) is 3.39. The van der Waals surface area contributed by atoms with Crippen LogP contribution >= 0.6 is 0 Å². The van der Waals surface area contributed by atoms with Gasteiger partial charge in [-0.2, -0.15) is 8.42 Å². The van der Waals surface area contributed by atoms with E-state index in [0.29, 0.717) is 39.2 Å². The molecule has 0 N–H and O–H groups in total. The zero-order valence-electron chi connectivity index (χ0n) is 21.6. The van der Waals surface area contributed by atoms with Crippen LogP contribution in [0.25, 0.3) is 0 Å². The van der Waals surface area contributed by atoms with Crippen molar-refractivity contribution >= 4 is 10.1 Å². The predicted molar refractivity (Wildman–Crippen MR) is 145 cm³/mol. The van der Waals surface area contributed by atoms with Gasteiger partial charge in [0.15, 0.2) is 0 Å². The third-order valence-electron chi connectivity index (χ3n) is 6.86. The second-order valence-electron chi connectivity index (χ2n) is 9.67. The van der Waals surface area contributed by atoms with E-state index >= 15 is 0 Å². The Morgan fingerprint density at radius 2 is 1.43 bits per heavy atom. The lowest BCUT2D eigenvalue weighted by Crippen LogP contribution is -2.53. The molecular weight excluding hydrogens is 486 g/mol. The van der Waals surface area contributed by atoms with Gasteiger partial charge >= 0.3 is 0 Å². The second kappa shape index (κ2) is 13.3. The van der Waals surface area contributed by atoms with Crippen molar-refractivity contribution in [2.75, 3.05) is 19.4 Å². The number of piperidine rings is 1. The fourth-order valence-electron chi connectivity index (χ4n) is 5.00. The van der Waals surface area contributed by atoms with Gasteiger partial charge in [0.25, 0.3) is 10.1 Å². The van der Waals surface area contributed by atoms with Gasteiger partial charge in [-0.25, -0.2) is 0 Å². The summed E-state index contributed by atoms with van der Waals surface area (Å²) in [7, 11) is -3.56. The van der Waals surface area contributed by atoms with Crippen LogP contribution < -0.4 is 0 Å². The zero-order valence-corrected chi connectivity index (χ0v) is 22.4. The molecule has 0 spiro atoms. The number of benzene rings is 3. The van der Waals surface area contributed by atoms with Crippen LogP contribution in [0.3, 0.4) is 0 Å². The number of hydrogen-bond acceptors (Lipinski definition) is 6. The fraction of sp³-hybridized carbons (Fsp3) is 0.400. The van der Waals surface area contributed by atoms with Gasteiger partial charge in [-0.05, 0) is 36.5 Å². The van der Waals surface area contributed by atoms with Crippen LogP contribution in [0.1, 0.15) is 42.5 Å². The molecule has 198 valence electrons. The minimum atomic E-state index is -3.56. The van der Waals surface area contributed by atoms with Crippen LogP contribution in [-0.2, 0) is 37.0 Å². The Labute approximate surface area is 221 Å². The van der Waals surface area contributed by atoms with E-state index in [2.05, 4.69) is 24.0 Å². The molecule has 1 heterocycles. The lowest BCUT2D eigenvalue weighted by Gasteiger charge is -2.45. The minimum absolute atomic E-state index is 0.0878. The summed E-state index contributed by atoms with van der Waals surface area (Å²) >= 11 is 0. The highest BCUT2D eigenvalue weighted by Gasteiger charge is 2.39. The highest BCUT2D eigenvalue weighted by atomic mass is 32.2. The van der Waals surface area contributed by atoms with E-state index in [9.17, 15) is 8.42 Å². The molecule has 6 nitrogen and oxygen atoms in total. The molecule has 0 aliphatic carbocycles. The SMILES string of the molecule is C[C@@H](c1ccccc1)N1CC[C@H](OS(C)(=O)=O)C[C@@H]1[C@@H](COCc1ccccc1)OCc1ccccc1. The van der Waals surface area contributed by atoms with Crippen molar-refractivity contribution in [1.29, 1.82) is 0 Å². The molecular formula is C30H37NO5S. The van der Waals surface area contributed by atoms with Gasteiger partial charge in [-0.3, -0.25) is 9.08 Å². The van der Waals surface area contributed by atoms with Gasteiger partial charge in [-0.15, -0.1) is 0 Å². The van der Waals surface area contributed by atoms with Crippen LogP contribution in [0.5, 0.6) is 0 Å². The first-order chi connectivity index (χ1) is 17.9. The van der Waals surface area contributed by atoms with E-state index in [-0.39, 0.29) is 18.2 Å². The van der Waals surface area contributed by atoms with Gasteiger partial charge < -0.3 is 9.47 Å². The Morgan fingerprint density at radius 3 is 2.03 bits per heavy atom. The molecule has 4 atom stereocenters. The van der Waals surface area contributed by atoms with Crippen LogP contribution in [0.2, 0.25) is 0 Å². The largest absolute Gasteiger partial charge is 0.374 e. The third kappa shape index (κ3) is 8.48. The van der Waals surface area contributed by atoms with Crippen molar-refractivity contribution in [3.63, 3.8) is 0 Å². The molecule has 3 aromatic carbocycles. The zero-order chi connectivity index (χ0) is 26.1. The van der Waals surface area contributed by atoms with Gasteiger partial charge in [0.1, 0.15) is 0 Å². The maximum atomic E-state index is 12.0. The number of hydrogen-bond donors (Lipinski definition) is 0. The summed E-state index contributed by atoms with van der Waals surface area (Å²) in [5, 5.41) is 0. The Bertz CT molecular complexity index is 1170. The lowest BCUT2D eigenvalue weighted by molar-refractivity contribution is -0.101. The average molecular weight is 524 g/mol. The smallest absolute Gasteiger partial charge is 0.264 e. The van der Waals surface area contributed by atoms with E-state index in [1.54, 1.807) is 0 Å². The van der Waals surface area contributed by atoms with Crippen molar-refractivity contribution < 1.29 is 22.1 Å². The standard InChI is InChI=1S/C30H37NO5S/c1-24(27-16-10-5-11-17-27)31-19-18-28(36-37(2,32)33)20-29(31)30(35-22-26-14-8-4-9-15-26)23-34-21-25-12-6-3-7-13-25/h3-17,24,28-30H,18-23H2,1-2H3/t24-,28-,29+,30+/m0/s1. The monoisotopic (exact) mass is 523 g/mol. The van der Waals surface area contributed by atoms with Crippen molar-refractivity contribution in [3.05, 3.63) is 108 Å². The van der Waals surface area contributed by atoms with E-state index < -0.39 is 16.2 Å². The van der Waals surface area contributed by atoms with Crippen molar-refractivity contribution in [2.45, 2.75) is 57.3 Å². The Morgan fingerprint density at radius 1 is 0.865 bits per heavy atom. The van der Waals surface area contributed by atoms with Crippen molar-refractivity contribution in [2.24, 2.45) is 0 Å². The van der Waals surface area contributed by atoms with Gasteiger partial charge in [0.05, 0.1) is 38.3 Å². The van der Waals surface area contributed by atoms with Crippen LogP contribution in [0, 0.1) is 0 Å². The molecule has 0 bridgehead atoms. The number of rotatable bonds is 12. The molecule has 0 unspecified atom stereocenters. The van der Waals surface area contributed by atoms with Crippen molar-refractivity contribution in [3.8, 4) is 0 Å². The first-order valence-electron chi connectivity index (χ1n) is 12.8. The highest BCUT2D eigenvalue weighted by molar-refractivity contribution is 7.86. The van der Waals surface area contributed by atoms with Gasteiger partial charge in [0, 0.05) is 18.6 Å². The van der Waals surface area contributed by atoms with E-state index in [0.717, 1.165) is 17.4 Å². The molecule has 1 aliphatic heterocycles. The minimum Gasteiger partial charge on any atom is -0.374 e. The first-order valence-corrected chi connectivity index (χ1v) is 14.7. The van der Waals surface area contributed by atoms with E-state index in [1.165, 1.54) is 5.56 Å². The van der Waals surface area contributed by atoms with Gasteiger partial charge in [0.2, 0.25) is 0 Å². The molecule has 1 aliphatic rings. The summed E-state index contributed by atoms with van der Waals surface area (Å²) in [6, 6.07) is 30.6. The van der Waals surface area contributed by atoms with Crippen LogP contribution in [0.15, 0.2) is 91.0 Å². The Hall–Kier alpha value is -2.55. The van der Waals surface area contributed by atoms with Crippen LogP contribution in [0.4, 0.5) is 0 Å². The van der Waals surface area contributed by atoms with E-state index in [1.807, 2.05) is 78.9 Å². The lowest BCUT2D eigenvalue weighted by atomic mass is 9.92. The summed E-state index contributed by atoms with van der Waals surface area (Å²) in [5.74, 6) is 0. The summed E-state index contributed by atoms with van der Waals surface area (Å²) in [6.07, 6.45) is 1.63. The fourth-order valence-corrected chi connectivity index (χ4v) is 5.67. The summed E-state index contributed by atoms with van der Waals surface area (Å²) in [4.78, 5) is 2.42. The summed E-state index contributed by atoms with van der Waals surface area (Å²) in [6.45, 7) is 4.21. The number of likely N-dealkylation sites (tertiary alicyclic amines) is 1.